The first-order chi connectivity index (χ1) is 7.70. The fraction of sp³-hybridized carbons (Fsp3) is 0.417. The summed E-state index contributed by atoms with van der Waals surface area (Å²) in [4.78, 5) is 11.6. The highest BCUT2D eigenvalue weighted by atomic mass is 19.1. The molecule has 0 fully saturated rings. The molecule has 1 rings (SSSR count). The number of ether oxygens (including phenoxy) is 1. The first kappa shape index (κ1) is 13.6. The molecule has 2 N–H and O–H groups in total. The van der Waals surface area contributed by atoms with Crippen molar-refractivity contribution in [2.45, 2.75) is 32.4 Å². The smallest absolute Gasteiger partial charge is 0.328 e. The lowest BCUT2D eigenvalue weighted by atomic mass is 10.1. The Bertz CT molecular complexity index is 427. The van der Waals surface area contributed by atoms with Crippen molar-refractivity contribution in [1.82, 2.24) is 0 Å². The van der Waals surface area contributed by atoms with Gasteiger partial charge in [0.25, 0.3) is 0 Å². The second kappa shape index (κ2) is 4.79. The van der Waals surface area contributed by atoms with Gasteiger partial charge in [0, 0.05) is 5.56 Å². The number of hydrogen-bond donors (Lipinski definition) is 1. The van der Waals surface area contributed by atoms with Gasteiger partial charge < -0.3 is 10.5 Å². The molecule has 0 amide bonds. The van der Waals surface area contributed by atoms with E-state index >= 15 is 0 Å². The standard InChI is InChI=1S/C12H15F2NO2/c1-12(2,3)17-11(16)10(15)8-6-7(13)4-5-9(8)14/h4-6,10H,15H2,1-3H3. The van der Waals surface area contributed by atoms with Gasteiger partial charge >= 0.3 is 5.97 Å². The Morgan fingerprint density at radius 3 is 2.47 bits per heavy atom. The van der Waals surface area contributed by atoms with Gasteiger partial charge in [-0.3, -0.25) is 0 Å². The summed E-state index contributed by atoms with van der Waals surface area (Å²) in [5, 5.41) is 0. The van der Waals surface area contributed by atoms with Crippen molar-refractivity contribution in [3.8, 4) is 0 Å². The van der Waals surface area contributed by atoms with E-state index in [2.05, 4.69) is 0 Å². The summed E-state index contributed by atoms with van der Waals surface area (Å²) in [5.41, 5.74) is 4.60. The molecule has 0 aliphatic carbocycles. The Kier molecular flexibility index (Phi) is 3.83. The number of esters is 1. The minimum absolute atomic E-state index is 0.209. The van der Waals surface area contributed by atoms with E-state index in [4.69, 9.17) is 10.5 Å². The van der Waals surface area contributed by atoms with Crippen LogP contribution in [0.25, 0.3) is 0 Å². The molecule has 1 unspecified atom stereocenters. The SMILES string of the molecule is CC(C)(C)OC(=O)C(N)c1cc(F)ccc1F. The van der Waals surface area contributed by atoms with Crippen molar-refractivity contribution in [2.24, 2.45) is 5.73 Å². The summed E-state index contributed by atoms with van der Waals surface area (Å²) in [6, 6.07) is 1.45. The van der Waals surface area contributed by atoms with Gasteiger partial charge in [0.15, 0.2) is 0 Å². The van der Waals surface area contributed by atoms with Gasteiger partial charge in [-0.15, -0.1) is 0 Å². The number of rotatable bonds is 2. The number of carbonyl (C=O) groups is 1. The van der Waals surface area contributed by atoms with E-state index in [1.54, 1.807) is 20.8 Å². The van der Waals surface area contributed by atoms with Crippen LogP contribution in [0.2, 0.25) is 0 Å². The van der Waals surface area contributed by atoms with Gasteiger partial charge in [-0.1, -0.05) is 0 Å². The van der Waals surface area contributed by atoms with E-state index in [1.807, 2.05) is 0 Å². The van der Waals surface area contributed by atoms with Crippen molar-refractivity contribution < 1.29 is 18.3 Å². The molecule has 0 heterocycles. The average molecular weight is 243 g/mol. The van der Waals surface area contributed by atoms with Crippen molar-refractivity contribution in [2.75, 3.05) is 0 Å². The van der Waals surface area contributed by atoms with Gasteiger partial charge in [-0.25, -0.2) is 13.6 Å². The maximum Gasteiger partial charge on any atom is 0.328 e. The van der Waals surface area contributed by atoms with Crippen molar-refractivity contribution >= 4 is 5.97 Å². The molecule has 1 atom stereocenters. The van der Waals surface area contributed by atoms with Crippen molar-refractivity contribution in [3.63, 3.8) is 0 Å². The summed E-state index contributed by atoms with van der Waals surface area (Å²) < 4.78 is 31.3. The Morgan fingerprint density at radius 2 is 1.94 bits per heavy atom. The van der Waals surface area contributed by atoms with Crippen LogP contribution in [0.15, 0.2) is 18.2 Å². The van der Waals surface area contributed by atoms with Gasteiger partial charge in [0.05, 0.1) is 0 Å². The summed E-state index contributed by atoms with van der Waals surface area (Å²) >= 11 is 0. The van der Waals surface area contributed by atoms with Gasteiger partial charge in [-0.2, -0.15) is 0 Å². The molecule has 0 bridgehead atoms. The van der Waals surface area contributed by atoms with Crippen LogP contribution in [0, 0.1) is 11.6 Å². The van der Waals surface area contributed by atoms with Crippen LogP contribution in [0.1, 0.15) is 32.4 Å². The zero-order valence-corrected chi connectivity index (χ0v) is 9.96. The highest BCUT2D eigenvalue weighted by Crippen LogP contribution is 2.20. The molecule has 94 valence electrons. The van der Waals surface area contributed by atoms with E-state index in [9.17, 15) is 13.6 Å². The number of benzene rings is 1. The maximum absolute atomic E-state index is 13.4. The molecule has 0 spiro atoms. The lowest BCUT2D eigenvalue weighted by Gasteiger charge is -2.22. The van der Waals surface area contributed by atoms with E-state index in [0.717, 1.165) is 18.2 Å². The van der Waals surface area contributed by atoms with Crippen LogP contribution < -0.4 is 5.73 Å². The molecule has 0 radical (unpaired) electrons. The number of nitrogens with two attached hydrogens (primary N) is 1. The summed E-state index contributed by atoms with van der Waals surface area (Å²) in [6.07, 6.45) is 0. The quantitative estimate of drug-likeness (QED) is 0.811. The van der Waals surface area contributed by atoms with Crippen LogP contribution >= 0.6 is 0 Å². The Morgan fingerprint density at radius 1 is 1.35 bits per heavy atom. The number of halogens is 2. The Labute approximate surface area is 98.6 Å². The molecule has 1 aromatic carbocycles. The predicted molar refractivity (Wildman–Crippen MR) is 59.1 cm³/mol. The fourth-order valence-corrected chi connectivity index (χ4v) is 1.25. The predicted octanol–water partition coefficient (Wildman–Crippen LogP) is 2.31. The van der Waals surface area contributed by atoms with Crippen molar-refractivity contribution in [1.29, 1.82) is 0 Å². The lowest BCUT2D eigenvalue weighted by molar-refractivity contribution is -0.156. The molecule has 1 aromatic rings. The molecule has 3 nitrogen and oxygen atoms in total. The third-order valence-electron chi connectivity index (χ3n) is 1.95. The lowest BCUT2D eigenvalue weighted by Crippen LogP contribution is -2.32. The zero-order valence-electron chi connectivity index (χ0n) is 9.96. The zero-order chi connectivity index (χ0) is 13.2. The van der Waals surface area contributed by atoms with Gasteiger partial charge in [0.2, 0.25) is 0 Å². The van der Waals surface area contributed by atoms with E-state index < -0.39 is 29.2 Å². The monoisotopic (exact) mass is 243 g/mol. The maximum atomic E-state index is 13.4. The molecule has 17 heavy (non-hydrogen) atoms. The second-order valence-electron chi connectivity index (χ2n) is 4.68. The Balaban J connectivity index is 2.92. The molecular formula is C12H15F2NO2. The van der Waals surface area contributed by atoms with Crippen LogP contribution in [0.3, 0.4) is 0 Å². The largest absolute Gasteiger partial charge is 0.459 e. The van der Waals surface area contributed by atoms with E-state index in [1.165, 1.54) is 0 Å². The average Bonchev–Trinajstić information content (AvgIpc) is 2.18. The second-order valence-corrected chi connectivity index (χ2v) is 4.68. The molecule has 0 aliphatic heterocycles. The van der Waals surface area contributed by atoms with Crippen LogP contribution in [0.5, 0.6) is 0 Å². The first-order valence-electron chi connectivity index (χ1n) is 5.14. The summed E-state index contributed by atoms with van der Waals surface area (Å²) in [7, 11) is 0. The van der Waals surface area contributed by atoms with Crippen LogP contribution in [0.4, 0.5) is 8.78 Å². The van der Waals surface area contributed by atoms with Crippen LogP contribution in [-0.2, 0) is 9.53 Å². The van der Waals surface area contributed by atoms with Gasteiger partial charge in [-0.05, 0) is 39.0 Å². The molecule has 0 aliphatic rings. The number of carbonyl (C=O) groups excluding carboxylic acids is 1. The highest BCUT2D eigenvalue weighted by molar-refractivity contribution is 5.77. The summed E-state index contributed by atoms with van der Waals surface area (Å²) in [5.74, 6) is -2.17. The third kappa shape index (κ3) is 3.78. The molecule has 0 aromatic heterocycles. The molecule has 0 saturated heterocycles. The highest BCUT2D eigenvalue weighted by Gasteiger charge is 2.25. The minimum Gasteiger partial charge on any atom is -0.459 e. The minimum atomic E-state index is -1.33. The van der Waals surface area contributed by atoms with E-state index in [-0.39, 0.29) is 5.56 Å². The fourth-order valence-electron chi connectivity index (χ4n) is 1.25. The molecular weight excluding hydrogens is 228 g/mol. The van der Waals surface area contributed by atoms with Crippen molar-refractivity contribution in [3.05, 3.63) is 35.4 Å². The topological polar surface area (TPSA) is 52.3 Å². The normalized spacial score (nSPS) is 13.3. The number of hydrogen-bond acceptors (Lipinski definition) is 3. The molecule has 5 heteroatoms. The third-order valence-corrected chi connectivity index (χ3v) is 1.95. The summed E-state index contributed by atoms with van der Waals surface area (Å²) in [6.45, 7) is 5.00. The van der Waals surface area contributed by atoms with E-state index in [0.29, 0.717) is 0 Å². The van der Waals surface area contributed by atoms with Crippen LogP contribution in [-0.4, -0.2) is 11.6 Å². The molecule has 0 saturated carbocycles. The van der Waals surface area contributed by atoms with Gasteiger partial charge in [0.1, 0.15) is 23.3 Å². The first-order valence-corrected chi connectivity index (χ1v) is 5.14. The Hall–Kier alpha value is -1.49.